The standard InChI is InChI=1S/C14H18N4O2S2/c1-10-11(2)21-14(17-10)22(19,20)18-7-6-16-9-13(18)12-4-3-5-15-8-12/h3-5,8,13,16H,6-7,9H2,1-2H3. The molecular weight excluding hydrogens is 320 g/mol. The van der Waals surface area contributed by atoms with Crippen molar-refractivity contribution in [1.82, 2.24) is 19.6 Å². The van der Waals surface area contributed by atoms with Crippen molar-refractivity contribution in [3.63, 3.8) is 0 Å². The Morgan fingerprint density at radius 1 is 1.41 bits per heavy atom. The van der Waals surface area contributed by atoms with E-state index in [1.807, 2.05) is 26.0 Å². The van der Waals surface area contributed by atoms with Gasteiger partial charge in [0.15, 0.2) is 0 Å². The molecule has 0 bridgehead atoms. The molecule has 2 aromatic heterocycles. The minimum Gasteiger partial charge on any atom is -0.313 e. The molecule has 6 nitrogen and oxygen atoms in total. The first-order valence-electron chi connectivity index (χ1n) is 7.06. The molecule has 0 aromatic carbocycles. The van der Waals surface area contributed by atoms with Crippen LogP contribution in [0.4, 0.5) is 0 Å². The van der Waals surface area contributed by atoms with E-state index in [-0.39, 0.29) is 10.4 Å². The Morgan fingerprint density at radius 2 is 2.23 bits per heavy atom. The number of nitrogens with zero attached hydrogens (tertiary/aromatic N) is 3. The van der Waals surface area contributed by atoms with E-state index < -0.39 is 10.0 Å². The molecule has 0 amide bonds. The molecular formula is C14H18N4O2S2. The summed E-state index contributed by atoms with van der Waals surface area (Å²) in [7, 11) is -3.59. The highest BCUT2D eigenvalue weighted by Gasteiger charge is 2.36. The maximum absolute atomic E-state index is 13.0. The third kappa shape index (κ3) is 2.79. The zero-order chi connectivity index (χ0) is 15.7. The second-order valence-corrected chi connectivity index (χ2v) is 8.51. The molecule has 1 aliphatic heterocycles. The van der Waals surface area contributed by atoms with E-state index in [1.54, 1.807) is 12.4 Å². The number of thiazole rings is 1. The minimum absolute atomic E-state index is 0.179. The highest BCUT2D eigenvalue weighted by molar-refractivity contribution is 7.91. The van der Waals surface area contributed by atoms with E-state index in [4.69, 9.17) is 0 Å². The summed E-state index contributed by atoms with van der Waals surface area (Å²) < 4.78 is 27.6. The molecule has 1 saturated heterocycles. The van der Waals surface area contributed by atoms with Gasteiger partial charge in [0.25, 0.3) is 10.0 Å². The molecule has 3 rings (SSSR count). The molecule has 0 radical (unpaired) electrons. The van der Waals surface area contributed by atoms with Crippen LogP contribution in [0.3, 0.4) is 0 Å². The Morgan fingerprint density at radius 3 is 2.86 bits per heavy atom. The second-order valence-electron chi connectivity index (χ2n) is 5.24. The Balaban J connectivity index is 2.00. The van der Waals surface area contributed by atoms with Gasteiger partial charge in [-0.25, -0.2) is 13.4 Å². The molecule has 8 heteroatoms. The zero-order valence-corrected chi connectivity index (χ0v) is 14.1. The summed E-state index contributed by atoms with van der Waals surface area (Å²) in [5.74, 6) is 0. The van der Waals surface area contributed by atoms with Gasteiger partial charge >= 0.3 is 0 Å². The molecule has 0 spiro atoms. The van der Waals surface area contributed by atoms with Crippen molar-refractivity contribution in [3.05, 3.63) is 40.7 Å². The van der Waals surface area contributed by atoms with E-state index in [0.717, 1.165) is 16.1 Å². The number of aryl methyl sites for hydroxylation is 2. The minimum atomic E-state index is -3.59. The lowest BCUT2D eigenvalue weighted by Gasteiger charge is -2.34. The lowest BCUT2D eigenvalue weighted by atomic mass is 10.1. The largest absolute Gasteiger partial charge is 0.313 e. The number of piperazine rings is 1. The maximum Gasteiger partial charge on any atom is 0.271 e. The first-order valence-corrected chi connectivity index (χ1v) is 9.32. The van der Waals surface area contributed by atoms with Crippen molar-refractivity contribution in [2.75, 3.05) is 19.6 Å². The number of hydrogen-bond acceptors (Lipinski definition) is 6. The van der Waals surface area contributed by atoms with Gasteiger partial charge in [-0.2, -0.15) is 4.31 Å². The number of pyridine rings is 1. The Bertz CT molecular complexity index is 739. The van der Waals surface area contributed by atoms with E-state index >= 15 is 0 Å². The maximum atomic E-state index is 13.0. The lowest BCUT2D eigenvalue weighted by Crippen LogP contribution is -2.48. The number of rotatable bonds is 3. The smallest absolute Gasteiger partial charge is 0.271 e. The third-order valence-electron chi connectivity index (χ3n) is 3.80. The quantitative estimate of drug-likeness (QED) is 0.918. The third-order valence-corrected chi connectivity index (χ3v) is 7.14. The van der Waals surface area contributed by atoms with Gasteiger partial charge in [-0.05, 0) is 25.5 Å². The fraction of sp³-hybridized carbons (Fsp3) is 0.429. The summed E-state index contributed by atoms with van der Waals surface area (Å²) in [4.78, 5) is 9.28. The summed E-state index contributed by atoms with van der Waals surface area (Å²) in [5, 5.41) is 3.25. The topological polar surface area (TPSA) is 75.2 Å². The Hall–Kier alpha value is -1.35. The summed E-state index contributed by atoms with van der Waals surface area (Å²) >= 11 is 1.24. The van der Waals surface area contributed by atoms with Gasteiger partial charge in [0, 0.05) is 36.9 Å². The van der Waals surface area contributed by atoms with Gasteiger partial charge in [-0.15, -0.1) is 11.3 Å². The summed E-state index contributed by atoms with van der Waals surface area (Å²) in [6.07, 6.45) is 3.41. The predicted molar refractivity (Wildman–Crippen MR) is 85.3 cm³/mol. The van der Waals surface area contributed by atoms with Crippen LogP contribution in [-0.4, -0.2) is 42.3 Å². The molecule has 2 aromatic rings. The monoisotopic (exact) mass is 338 g/mol. The SMILES string of the molecule is Cc1nc(S(=O)(=O)N2CCNCC2c2cccnc2)sc1C. The first kappa shape index (κ1) is 15.5. The van der Waals surface area contributed by atoms with Crippen LogP contribution in [0.1, 0.15) is 22.2 Å². The second kappa shape index (κ2) is 6.04. The van der Waals surface area contributed by atoms with Crippen molar-refractivity contribution >= 4 is 21.4 Å². The van der Waals surface area contributed by atoms with E-state index in [1.165, 1.54) is 15.6 Å². The van der Waals surface area contributed by atoms with Gasteiger partial charge in [0.05, 0.1) is 11.7 Å². The van der Waals surface area contributed by atoms with Crippen LogP contribution in [0.2, 0.25) is 0 Å². The van der Waals surface area contributed by atoms with Crippen molar-refractivity contribution in [2.24, 2.45) is 0 Å². The summed E-state index contributed by atoms with van der Waals surface area (Å²) in [5.41, 5.74) is 1.67. The molecule has 118 valence electrons. The fourth-order valence-electron chi connectivity index (χ4n) is 2.48. The zero-order valence-electron chi connectivity index (χ0n) is 12.5. The number of hydrogen-bond donors (Lipinski definition) is 1. The van der Waals surface area contributed by atoms with Gasteiger partial charge in [-0.1, -0.05) is 6.07 Å². The van der Waals surface area contributed by atoms with Crippen LogP contribution in [-0.2, 0) is 10.0 Å². The van der Waals surface area contributed by atoms with Gasteiger partial charge in [-0.3, -0.25) is 4.98 Å². The summed E-state index contributed by atoms with van der Waals surface area (Å²) in [6, 6.07) is 3.48. The lowest BCUT2D eigenvalue weighted by molar-refractivity contribution is 0.271. The number of nitrogens with one attached hydrogen (secondary N) is 1. The first-order chi connectivity index (χ1) is 10.5. The van der Waals surface area contributed by atoms with Crippen LogP contribution >= 0.6 is 11.3 Å². The van der Waals surface area contributed by atoms with Crippen molar-refractivity contribution < 1.29 is 8.42 Å². The van der Waals surface area contributed by atoms with Crippen LogP contribution in [0.25, 0.3) is 0 Å². The highest BCUT2D eigenvalue weighted by Crippen LogP contribution is 2.31. The molecule has 0 aliphatic carbocycles. The van der Waals surface area contributed by atoms with Crippen molar-refractivity contribution in [2.45, 2.75) is 24.2 Å². The van der Waals surface area contributed by atoms with Crippen molar-refractivity contribution in [3.8, 4) is 0 Å². The molecule has 0 saturated carbocycles. The fourth-order valence-corrected chi connectivity index (χ4v) is 5.52. The molecule has 22 heavy (non-hydrogen) atoms. The van der Waals surface area contributed by atoms with Crippen LogP contribution in [0.15, 0.2) is 28.9 Å². The Kier molecular flexibility index (Phi) is 4.26. The molecule has 1 aliphatic rings. The van der Waals surface area contributed by atoms with Gasteiger partial charge in [0.2, 0.25) is 4.34 Å². The van der Waals surface area contributed by atoms with E-state index in [9.17, 15) is 8.42 Å². The van der Waals surface area contributed by atoms with Crippen LogP contribution < -0.4 is 5.32 Å². The van der Waals surface area contributed by atoms with Gasteiger partial charge in [0.1, 0.15) is 0 Å². The van der Waals surface area contributed by atoms with Crippen molar-refractivity contribution in [1.29, 1.82) is 0 Å². The molecule has 3 heterocycles. The molecule has 1 fully saturated rings. The molecule has 1 atom stereocenters. The van der Waals surface area contributed by atoms with E-state index in [2.05, 4.69) is 15.3 Å². The average molecular weight is 338 g/mol. The number of sulfonamides is 1. The average Bonchev–Trinajstić information content (AvgIpc) is 2.88. The molecule has 1 N–H and O–H groups in total. The summed E-state index contributed by atoms with van der Waals surface area (Å²) in [6.45, 7) is 5.37. The molecule has 1 unspecified atom stereocenters. The Labute approximate surface area is 134 Å². The van der Waals surface area contributed by atoms with Gasteiger partial charge < -0.3 is 5.32 Å². The number of aromatic nitrogens is 2. The van der Waals surface area contributed by atoms with Crippen LogP contribution in [0.5, 0.6) is 0 Å². The van der Waals surface area contributed by atoms with Crippen LogP contribution in [0, 0.1) is 13.8 Å². The highest BCUT2D eigenvalue weighted by atomic mass is 32.2. The normalized spacial score (nSPS) is 20.2. The van der Waals surface area contributed by atoms with E-state index in [0.29, 0.717) is 19.6 Å². The predicted octanol–water partition coefficient (Wildman–Crippen LogP) is 1.49.